The third-order valence-corrected chi connectivity index (χ3v) is 4.83. The molecule has 0 fully saturated rings. The van der Waals surface area contributed by atoms with Crippen molar-refractivity contribution in [1.29, 1.82) is 0 Å². The largest absolute Gasteiger partial charge is 0.465 e. The summed E-state index contributed by atoms with van der Waals surface area (Å²) in [6.07, 6.45) is 0.679. The average Bonchev–Trinajstić information content (AvgIpc) is 2.99. The van der Waals surface area contributed by atoms with Crippen molar-refractivity contribution in [3.63, 3.8) is 0 Å². The van der Waals surface area contributed by atoms with Gasteiger partial charge in [0.15, 0.2) is 0 Å². The summed E-state index contributed by atoms with van der Waals surface area (Å²) in [7, 11) is 0. The summed E-state index contributed by atoms with van der Waals surface area (Å²) in [6, 6.07) is 3.63. The minimum absolute atomic E-state index is 0.187. The number of carbonyl (C=O) groups excluding carboxylic acids is 1. The molecule has 128 valence electrons. The van der Waals surface area contributed by atoms with Crippen molar-refractivity contribution in [3.8, 4) is 0 Å². The predicted octanol–water partition coefficient (Wildman–Crippen LogP) is 3.13. The molecular formula is C16H18ClN3O3S. The van der Waals surface area contributed by atoms with Gasteiger partial charge in [-0.05, 0) is 25.0 Å². The molecule has 0 radical (unpaired) electrons. The molecule has 3 aromatic rings. The highest BCUT2D eigenvalue weighted by atomic mass is 35.5. The van der Waals surface area contributed by atoms with E-state index in [0.29, 0.717) is 22.2 Å². The van der Waals surface area contributed by atoms with Crippen molar-refractivity contribution in [2.45, 2.75) is 33.7 Å². The van der Waals surface area contributed by atoms with E-state index in [1.807, 2.05) is 10.5 Å². The van der Waals surface area contributed by atoms with Gasteiger partial charge in [0.2, 0.25) is 0 Å². The van der Waals surface area contributed by atoms with Crippen LogP contribution in [0.1, 0.15) is 26.6 Å². The highest BCUT2D eigenvalue weighted by Gasteiger charge is 2.18. The van der Waals surface area contributed by atoms with Crippen LogP contribution in [0.25, 0.3) is 15.7 Å². The Bertz CT molecular complexity index is 970. The highest BCUT2D eigenvalue weighted by molar-refractivity contribution is 7.22. The van der Waals surface area contributed by atoms with Crippen molar-refractivity contribution in [2.24, 2.45) is 5.92 Å². The van der Waals surface area contributed by atoms with Gasteiger partial charge in [0.1, 0.15) is 22.7 Å². The van der Waals surface area contributed by atoms with Crippen molar-refractivity contribution in [2.75, 3.05) is 6.61 Å². The van der Waals surface area contributed by atoms with Gasteiger partial charge in [-0.1, -0.05) is 25.4 Å². The average molecular weight is 368 g/mol. The Morgan fingerprint density at radius 2 is 2.17 bits per heavy atom. The SMILES string of the molecule is CCOC(=O)Cn1nc(CC(C)C)n2c(cc3cc(Cl)sc32)c1=O. The Morgan fingerprint density at radius 1 is 1.42 bits per heavy atom. The molecule has 0 aromatic carbocycles. The van der Waals surface area contributed by atoms with Gasteiger partial charge in [0.05, 0.1) is 10.9 Å². The maximum atomic E-state index is 12.7. The van der Waals surface area contributed by atoms with Crippen molar-refractivity contribution >= 4 is 44.6 Å². The third-order valence-electron chi connectivity index (χ3n) is 3.57. The predicted molar refractivity (Wildman–Crippen MR) is 95.0 cm³/mol. The summed E-state index contributed by atoms with van der Waals surface area (Å²) < 4.78 is 8.65. The molecule has 0 amide bonds. The molecular weight excluding hydrogens is 350 g/mol. The Kier molecular flexibility index (Phi) is 4.64. The van der Waals surface area contributed by atoms with Gasteiger partial charge in [-0.2, -0.15) is 5.10 Å². The number of ether oxygens (including phenoxy) is 1. The van der Waals surface area contributed by atoms with E-state index in [-0.39, 0.29) is 18.7 Å². The number of aromatic nitrogens is 3. The van der Waals surface area contributed by atoms with Crippen LogP contribution in [0, 0.1) is 5.92 Å². The summed E-state index contributed by atoms with van der Waals surface area (Å²) in [5, 5.41) is 5.33. The fraction of sp³-hybridized carbons (Fsp3) is 0.438. The van der Waals surface area contributed by atoms with E-state index >= 15 is 0 Å². The molecule has 0 saturated carbocycles. The summed E-state index contributed by atoms with van der Waals surface area (Å²) >= 11 is 7.51. The van der Waals surface area contributed by atoms with Gasteiger partial charge in [-0.15, -0.1) is 11.3 Å². The zero-order valence-electron chi connectivity index (χ0n) is 13.7. The van der Waals surface area contributed by atoms with Crippen LogP contribution in [0.5, 0.6) is 0 Å². The Hall–Kier alpha value is -1.86. The molecule has 24 heavy (non-hydrogen) atoms. The van der Waals surface area contributed by atoms with Gasteiger partial charge in [0.25, 0.3) is 5.56 Å². The maximum absolute atomic E-state index is 12.7. The zero-order chi connectivity index (χ0) is 17.4. The first-order chi connectivity index (χ1) is 11.4. The summed E-state index contributed by atoms with van der Waals surface area (Å²) in [5.74, 6) is 0.614. The summed E-state index contributed by atoms with van der Waals surface area (Å²) in [6.45, 7) is 5.97. The van der Waals surface area contributed by atoms with E-state index in [9.17, 15) is 9.59 Å². The molecule has 3 aromatic heterocycles. The lowest BCUT2D eigenvalue weighted by molar-refractivity contribution is -0.144. The smallest absolute Gasteiger partial charge is 0.327 e. The lowest BCUT2D eigenvalue weighted by Gasteiger charge is -2.12. The molecule has 0 saturated heterocycles. The molecule has 0 unspecified atom stereocenters. The Morgan fingerprint density at radius 3 is 2.83 bits per heavy atom. The second-order valence-corrected chi connectivity index (χ2v) is 7.62. The van der Waals surface area contributed by atoms with Crippen molar-refractivity contribution in [3.05, 3.63) is 32.6 Å². The Labute approximate surface area is 147 Å². The van der Waals surface area contributed by atoms with Crippen molar-refractivity contribution < 1.29 is 9.53 Å². The lowest BCUT2D eigenvalue weighted by Crippen LogP contribution is -2.31. The number of rotatable bonds is 5. The number of fused-ring (bicyclic) bond motifs is 3. The van der Waals surface area contributed by atoms with E-state index in [1.54, 1.807) is 13.0 Å². The van der Waals surface area contributed by atoms with Crippen molar-refractivity contribution in [1.82, 2.24) is 14.2 Å². The zero-order valence-corrected chi connectivity index (χ0v) is 15.3. The minimum atomic E-state index is -0.469. The fourth-order valence-corrected chi connectivity index (χ4v) is 3.91. The second kappa shape index (κ2) is 6.57. The second-order valence-electron chi connectivity index (χ2n) is 5.96. The third kappa shape index (κ3) is 3.06. The number of halogens is 1. The minimum Gasteiger partial charge on any atom is -0.465 e. The van der Waals surface area contributed by atoms with Gasteiger partial charge < -0.3 is 4.74 Å². The Balaban J connectivity index is 2.22. The molecule has 0 aliphatic carbocycles. The number of hydrogen-bond donors (Lipinski definition) is 0. The van der Waals surface area contributed by atoms with Gasteiger partial charge in [-0.3, -0.25) is 14.0 Å². The molecule has 3 heterocycles. The van der Waals surface area contributed by atoms with Crippen LogP contribution in [-0.4, -0.2) is 26.8 Å². The number of esters is 1. The van der Waals surface area contributed by atoms with Crippen LogP contribution in [0.2, 0.25) is 4.34 Å². The molecule has 0 N–H and O–H groups in total. The number of carbonyl (C=O) groups is 1. The van der Waals surface area contributed by atoms with Gasteiger partial charge in [0, 0.05) is 11.8 Å². The van der Waals surface area contributed by atoms with Crippen LogP contribution < -0.4 is 5.56 Å². The van der Waals surface area contributed by atoms with Crippen LogP contribution in [0.4, 0.5) is 0 Å². The van der Waals surface area contributed by atoms with E-state index in [2.05, 4.69) is 18.9 Å². The van der Waals surface area contributed by atoms with E-state index in [4.69, 9.17) is 16.3 Å². The monoisotopic (exact) mass is 367 g/mol. The molecule has 8 heteroatoms. The quantitative estimate of drug-likeness (QED) is 0.650. The van der Waals surface area contributed by atoms with Crippen LogP contribution in [0.15, 0.2) is 16.9 Å². The highest BCUT2D eigenvalue weighted by Crippen LogP contribution is 2.32. The number of thiophene rings is 1. The molecule has 6 nitrogen and oxygen atoms in total. The summed E-state index contributed by atoms with van der Waals surface area (Å²) in [4.78, 5) is 25.4. The first kappa shape index (κ1) is 17.0. The fourth-order valence-electron chi connectivity index (χ4n) is 2.67. The first-order valence-corrected chi connectivity index (χ1v) is 8.96. The number of hydrogen-bond acceptors (Lipinski definition) is 5. The first-order valence-electron chi connectivity index (χ1n) is 7.76. The molecule has 3 rings (SSSR count). The standard InChI is InChI=1S/C16H18ClN3O3S/c1-4-23-14(21)8-19-15(22)11-6-10-7-12(17)24-16(10)20(11)13(18-19)5-9(2)3/h6-7,9H,4-5,8H2,1-3H3. The molecule has 0 aliphatic heterocycles. The molecule has 0 atom stereocenters. The van der Waals surface area contributed by atoms with Crippen LogP contribution >= 0.6 is 22.9 Å². The van der Waals surface area contributed by atoms with Gasteiger partial charge in [-0.25, -0.2) is 4.68 Å². The van der Waals surface area contributed by atoms with E-state index in [1.165, 1.54) is 16.0 Å². The van der Waals surface area contributed by atoms with Crippen LogP contribution in [0.3, 0.4) is 0 Å². The molecule has 0 bridgehead atoms. The molecule has 0 aliphatic rings. The maximum Gasteiger partial charge on any atom is 0.327 e. The topological polar surface area (TPSA) is 65.6 Å². The van der Waals surface area contributed by atoms with Crippen LogP contribution in [-0.2, 0) is 22.5 Å². The number of nitrogens with zero attached hydrogens (tertiary/aromatic N) is 3. The van der Waals surface area contributed by atoms with E-state index < -0.39 is 5.97 Å². The summed E-state index contributed by atoms with van der Waals surface area (Å²) in [5.41, 5.74) is 0.193. The lowest BCUT2D eigenvalue weighted by atomic mass is 10.1. The normalized spacial score (nSPS) is 11.7. The van der Waals surface area contributed by atoms with E-state index in [0.717, 1.165) is 16.0 Å². The van der Waals surface area contributed by atoms with Gasteiger partial charge >= 0.3 is 5.97 Å². The molecule has 0 spiro atoms.